The van der Waals surface area contributed by atoms with Crippen molar-refractivity contribution in [2.75, 3.05) is 23.1 Å². The highest BCUT2D eigenvalue weighted by Crippen LogP contribution is 2.16. The third kappa shape index (κ3) is 7.41. The monoisotopic (exact) mass is 313 g/mol. The van der Waals surface area contributed by atoms with Crippen LogP contribution in [-0.4, -0.2) is 30.2 Å². The molecule has 1 aromatic carbocycles. The molecule has 0 atom stereocenters. The largest absolute Gasteiger partial charge is 0.444 e. The molecule has 6 nitrogen and oxygen atoms in total. The van der Waals surface area contributed by atoms with Gasteiger partial charge in [-0.3, -0.25) is 5.32 Å². The molecule has 116 valence electrons. The lowest BCUT2D eigenvalue weighted by Crippen LogP contribution is -2.30. The Morgan fingerprint density at radius 2 is 1.81 bits per heavy atom. The van der Waals surface area contributed by atoms with Crippen molar-refractivity contribution in [1.29, 1.82) is 0 Å². The predicted molar refractivity (Wildman–Crippen MR) is 84.0 cm³/mol. The molecule has 0 unspecified atom stereocenters. The molecular weight excluding hydrogens is 294 g/mol. The highest BCUT2D eigenvalue weighted by atomic mass is 35.5. The number of carbonyl (C=O) groups excluding carboxylic acids is 2. The van der Waals surface area contributed by atoms with Gasteiger partial charge in [0, 0.05) is 23.8 Å². The van der Waals surface area contributed by atoms with Crippen LogP contribution in [0.4, 0.5) is 21.0 Å². The van der Waals surface area contributed by atoms with E-state index >= 15 is 0 Å². The Kier molecular flexibility index (Phi) is 6.30. The van der Waals surface area contributed by atoms with E-state index in [0.717, 1.165) is 0 Å². The van der Waals surface area contributed by atoms with E-state index in [9.17, 15) is 9.59 Å². The predicted octanol–water partition coefficient (Wildman–Crippen LogP) is 3.39. The summed E-state index contributed by atoms with van der Waals surface area (Å²) in [6, 6.07) is 6.39. The molecule has 0 aliphatic carbocycles. The number of anilines is 2. The summed E-state index contributed by atoms with van der Waals surface area (Å²) in [5, 5.41) is 7.82. The van der Waals surface area contributed by atoms with Crippen LogP contribution in [0.3, 0.4) is 0 Å². The van der Waals surface area contributed by atoms with E-state index in [1.54, 1.807) is 45.0 Å². The van der Waals surface area contributed by atoms with Gasteiger partial charge in [0.1, 0.15) is 5.60 Å². The minimum atomic E-state index is -0.568. The van der Waals surface area contributed by atoms with Gasteiger partial charge in [0.25, 0.3) is 0 Å². The number of carbonyl (C=O) groups is 2. The molecule has 0 saturated carbocycles. The molecule has 1 aromatic rings. The fraction of sp³-hybridized carbons (Fsp3) is 0.429. The van der Waals surface area contributed by atoms with Gasteiger partial charge in [-0.15, -0.1) is 11.6 Å². The molecule has 3 amide bonds. The second-order valence-electron chi connectivity index (χ2n) is 5.28. The molecule has 0 heterocycles. The molecular formula is C14H20ClN3O3. The highest BCUT2D eigenvalue weighted by molar-refractivity contribution is 6.18. The van der Waals surface area contributed by atoms with Crippen molar-refractivity contribution in [2.24, 2.45) is 0 Å². The Morgan fingerprint density at radius 3 is 2.38 bits per heavy atom. The maximum atomic E-state index is 11.7. The molecule has 7 heteroatoms. The van der Waals surface area contributed by atoms with Crippen molar-refractivity contribution >= 4 is 35.1 Å². The average Bonchev–Trinajstić information content (AvgIpc) is 2.34. The molecule has 0 aliphatic heterocycles. The van der Waals surface area contributed by atoms with Crippen LogP contribution < -0.4 is 16.0 Å². The van der Waals surface area contributed by atoms with Crippen LogP contribution in [0.2, 0.25) is 0 Å². The van der Waals surface area contributed by atoms with Crippen molar-refractivity contribution in [3.05, 3.63) is 24.3 Å². The normalized spacial score (nSPS) is 10.7. The Labute approximate surface area is 129 Å². The number of hydrogen-bond acceptors (Lipinski definition) is 3. The molecule has 0 spiro atoms. The van der Waals surface area contributed by atoms with E-state index in [1.807, 2.05) is 0 Å². The standard InChI is InChI=1S/C14H20ClN3O3/c1-14(2,3)21-13(20)18-11-6-4-5-10(9-11)17-12(19)16-8-7-15/h4-6,9H,7-8H2,1-3H3,(H,18,20)(H2,16,17,19). The second-order valence-corrected chi connectivity index (χ2v) is 5.66. The Balaban J connectivity index is 2.60. The molecule has 1 rings (SSSR count). The van der Waals surface area contributed by atoms with Crippen molar-refractivity contribution in [2.45, 2.75) is 26.4 Å². The molecule has 3 N–H and O–H groups in total. The third-order valence-corrected chi connectivity index (χ3v) is 2.33. The van der Waals surface area contributed by atoms with Gasteiger partial charge >= 0.3 is 12.1 Å². The van der Waals surface area contributed by atoms with Crippen LogP contribution in [0.25, 0.3) is 0 Å². The topological polar surface area (TPSA) is 79.5 Å². The Morgan fingerprint density at radius 1 is 1.19 bits per heavy atom. The summed E-state index contributed by atoms with van der Waals surface area (Å²) >= 11 is 5.48. The summed E-state index contributed by atoms with van der Waals surface area (Å²) < 4.78 is 5.15. The summed E-state index contributed by atoms with van der Waals surface area (Å²) in [6.07, 6.45) is -0.550. The van der Waals surface area contributed by atoms with E-state index in [2.05, 4.69) is 16.0 Å². The van der Waals surface area contributed by atoms with Crippen LogP contribution in [0.1, 0.15) is 20.8 Å². The summed E-state index contributed by atoms with van der Waals surface area (Å²) in [6.45, 7) is 5.73. The number of halogens is 1. The number of urea groups is 1. The highest BCUT2D eigenvalue weighted by Gasteiger charge is 2.16. The lowest BCUT2D eigenvalue weighted by Gasteiger charge is -2.19. The third-order valence-electron chi connectivity index (χ3n) is 2.15. The van der Waals surface area contributed by atoms with Gasteiger partial charge in [-0.05, 0) is 39.0 Å². The minimum absolute atomic E-state index is 0.341. The Hall–Kier alpha value is -1.95. The molecule has 0 aromatic heterocycles. The average molecular weight is 314 g/mol. The first-order valence-corrected chi connectivity index (χ1v) is 7.04. The van der Waals surface area contributed by atoms with Crippen LogP contribution >= 0.6 is 11.6 Å². The first kappa shape index (κ1) is 17.1. The second kappa shape index (κ2) is 7.73. The molecule has 21 heavy (non-hydrogen) atoms. The summed E-state index contributed by atoms with van der Waals surface area (Å²) in [5.74, 6) is 0.341. The van der Waals surface area contributed by atoms with Crippen molar-refractivity contribution in [3.63, 3.8) is 0 Å². The maximum absolute atomic E-state index is 11.7. The lowest BCUT2D eigenvalue weighted by molar-refractivity contribution is 0.0636. The summed E-state index contributed by atoms with van der Waals surface area (Å²) in [5.41, 5.74) is 0.511. The molecule has 0 fully saturated rings. The van der Waals surface area contributed by atoms with Gasteiger partial charge < -0.3 is 15.4 Å². The minimum Gasteiger partial charge on any atom is -0.444 e. The van der Waals surface area contributed by atoms with Crippen molar-refractivity contribution in [1.82, 2.24) is 5.32 Å². The van der Waals surface area contributed by atoms with Gasteiger partial charge in [0.05, 0.1) is 0 Å². The zero-order chi connectivity index (χ0) is 15.9. The number of nitrogens with one attached hydrogen (secondary N) is 3. The van der Waals surface area contributed by atoms with E-state index in [-0.39, 0.29) is 6.03 Å². The number of rotatable bonds is 4. The number of alkyl halides is 1. The zero-order valence-corrected chi connectivity index (χ0v) is 13.1. The fourth-order valence-electron chi connectivity index (χ4n) is 1.43. The number of amides is 3. The first-order valence-electron chi connectivity index (χ1n) is 6.51. The number of ether oxygens (including phenoxy) is 1. The smallest absolute Gasteiger partial charge is 0.412 e. The number of hydrogen-bond donors (Lipinski definition) is 3. The van der Waals surface area contributed by atoms with Crippen LogP contribution in [0.5, 0.6) is 0 Å². The van der Waals surface area contributed by atoms with E-state index in [1.165, 1.54) is 0 Å². The van der Waals surface area contributed by atoms with Crippen molar-refractivity contribution < 1.29 is 14.3 Å². The summed E-state index contributed by atoms with van der Waals surface area (Å²) in [7, 11) is 0. The number of benzene rings is 1. The molecule has 0 aliphatic rings. The molecule has 0 saturated heterocycles. The lowest BCUT2D eigenvalue weighted by atomic mass is 10.2. The van der Waals surface area contributed by atoms with E-state index in [0.29, 0.717) is 23.8 Å². The molecule has 0 bridgehead atoms. The van der Waals surface area contributed by atoms with E-state index < -0.39 is 11.7 Å². The van der Waals surface area contributed by atoms with Gasteiger partial charge in [-0.25, -0.2) is 9.59 Å². The quantitative estimate of drug-likeness (QED) is 0.745. The van der Waals surface area contributed by atoms with Crippen LogP contribution in [-0.2, 0) is 4.74 Å². The van der Waals surface area contributed by atoms with Gasteiger partial charge in [0.15, 0.2) is 0 Å². The Bertz CT molecular complexity index is 500. The van der Waals surface area contributed by atoms with Crippen molar-refractivity contribution in [3.8, 4) is 0 Å². The zero-order valence-electron chi connectivity index (χ0n) is 12.3. The van der Waals surface area contributed by atoms with Gasteiger partial charge in [-0.2, -0.15) is 0 Å². The van der Waals surface area contributed by atoms with Crippen LogP contribution in [0.15, 0.2) is 24.3 Å². The fourth-order valence-corrected chi connectivity index (χ4v) is 1.53. The summed E-state index contributed by atoms with van der Waals surface area (Å²) in [4.78, 5) is 23.2. The van der Waals surface area contributed by atoms with Crippen LogP contribution in [0, 0.1) is 0 Å². The van der Waals surface area contributed by atoms with Gasteiger partial charge in [0.2, 0.25) is 0 Å². The van der Waals surface area contributed by atoms with E-state index in [4.69, 9.17) is 16.3 Å². The maximum Gasteiger partial charge on any atom is 0.412 e. The first-order chi connectivity index (χ1) is 9.80. The van der Waals surface area contributed by atoms with Gasteiger partial charge in [-0.1, -0.05) is 6.07 Å². The SMILES string of the molecule is CC(C)(C)OC(=O)Nc1cccc(NC(=O)NCCCl)c1. The molecule has 0 radical (unpaired) electrons.